The monoisotopic (exact) mass is 300 g/mol. The smallest absolute Gasteiger partial charge is 0.276 e. The molecule has 1 N–H and O–H groups in total. The Balaban J connectivity index is 2.14. The molecule has 1 amide bonds. The maximum atomic E-state index is 12.5. The largest absolute Gasteiger partial charge is 0.298 e. The maximum absolute atomic E-state index is 12.5. The van der Waals surface area contributed by atoms with Crippen LogP contribution in [0.2, 0.25) is 0 Å². The summed E-state index contributed by atoms with van der Waals surface area (Å²) in [6, 6.07) is 7.68. The SMILES string of the molecule is C=CCSC1=NN2C(=c3ccccc3=N[C@@H]2CC)C(=O)N1. The van der Waals surface area contributed by atoms with Crippen LogP contribution in [0.4, 0.5) is 0 Å². The van der Waals surface area contributed by atoms with Crippen LogP contribution in [0, 0.1) is 0 Å². The van der Waals surface area contributed by atoms with E-state index in [4.69, 9.17) is 0 Å². The third-order valence-corrected chi connectivity index (χ3v) is 4.16. The van der Waals surface area contributed by atoms with E-state index in [1.54, 1.807) is 11.1 Å². The number of amides is 1. The molecule has 0 fully saturated rings. The van der Waals surface area contributed by atoms with Crippen molar-refractivity contribution in [3.05, 3.63) is 47.5 Å². The Morgan fingerprint density at radius 2 is 2.29 bits per heavy atom. The zero-order valence-electron chi connectivity index (χ0n) is 11.7. The standard InChI is InChI=1S/C15H16N4OS/c1-3-9-21-15-17-14(20)13-10-7-5-6-8-11(10)16-12(4-2)19(13)18-15/h3,5-8,12H,1,4,9H2,2H3,(H,17,18,20)/t12-/m0/s1. The lowest BCUT2D eigenvalue weighted by molar-refractivity contribution is -0.116. The van der Waals surface area contributed by atoms with Gasteiger partial charge in [0.05, 0.1) is 5.36 Å². The highest BCUT2D eigenvalue weighted by Crippen LogP contribution is 2.21. The molecule has 0 saturated heterocycles. The molecule has 21 heavy (non-hydrogen) atoms. The first-order valence-corrected chi connectivity index (χ1v) is 7.83. The molecule has 1 aromatic rings. The fourth-order valence-electron chi connectivity index (χ4n) is 2.36. The number of nitrogens with zero attached hydrogens (tertiary/aromatic N) is 3. The zero-order valence-corrected chi connectivity index (χ0v) is 12.6. The predicted molar refractivity (Wildman–Crippen MR) is 84.8 cm³/mol. The minimum absolute atomic E-state index is 0.127. The number of amidine groups is 1. The molecule has 6 heteroatoms. The normalized spacial score (nSPS) is 20.0. The predicted octanol–water partition coefficient (Wildman–Crippen LogP) is 0.786. The molecule has 0 saturated carbocycles. The van der Waals surface area contributed by atoms with Crippen molar-refractivity contribution in [1.82, 2.24) is 10.3 Å². The van der Waals surface area contributed by atoms with Crippen LogP contribution < -0.4 is 15.9 Å². The van der Waals surface area contributed by atoms with Crippen LogP contribution in [-0.4, -0.2) is 28.0 Å². The number of carbonyl (C=O) groups is 1. The van der Waals surface area contributed by atoms with Gasteiger partial charge in [0.25, 0.3) is 5.91 Å². The van der Waals surface area contributed by atoms with E-state index in [0.29, 0.717) is 16.6 Å². The molecule has 0 aliphatic carbocycles. The zero-order chi connectivity index (χ0) is 14.8. The molecule has 0 bridgehead atoms. The molecule has 2 aliphatic heterocycles. The van der Waals surface area contributed by atoms with Gasteiger partial charge < -0.3 is 0 Å². The summed E-state index contributed by atoms with van der Waals surface area (Å²) < 4.78 is 0. The molecule has 3 rings (SSSR count). The van der Waals surface area contributed by atoms with Crippen LogP contribution in [0.3, 0.4) is 0 Å². The van der Waals surface area contributed by atoms with Gasteiger partial charge in [-0.05, 0) is 12.5 Å². The summed E-state index contributed by atoms with van der Waals surface area (Å²) in [5, 5.41) is 11.4. The van der Waals surface area contributed by atoms with Crippen molar-refractivity contribution in [1.29, 1.82) is 0 Å². The van der Waals surface area contributed by atoms with Gasteiger partial charge in [-0.1, -0.05) is 43.0 Å². The van der Waals surface area contributed by atoms with Crippen molar-refractivity contribution >= 4 is 28.5 Å². The molecule has 0 spiro atoms. The molecule has 0 unspecified atom stereocenters. The second kappa shape index (κ2) is 5.73. The molecule has 2 heterocycles. The lowest BCUT2D eigenvalue weighted by Gasteiger charge is -2.33. The Hall–Kier alpha value is -2.08. The Bertz CT molecular complexity index is 740. The van der Waals surface area contributed by atoms with E-state index in [1.807, 2.05) is 31.2 Å². The summed E-state index contributed by atoms with van der Waals surface area (Å²) in [6.45, 7) is 5.72. The summed E-state index contributed by atoms with van der Waals surface area (Å²) >= 11 is 1.45. The first kappa shape index (κ1) is 13.9. The van der Waals surface area contributed by atoms with Crippen molar-refractivity contribution in [2.24, 2.45) is 10.1 Å². The number of thioether (sulfide) groups is 1. The van der Waals surface area contributed by atoms with Crippen LogP contribution in [-0.2, 0) is 4.79 Å². The first-order chi connectivity index (χ1) is 10.2. The van der Waals surface area contributed by atoms with E-state index in [-0.39, 0.29) is 12.1 Å². The van der Waals surface area contributed by atoms with Crippen LogP contribution >= 0.6 is 11.8 Å². The van der Waals surface area contributed by atoms with Crippen molar-refractivity contribution in [2.75, 3.05) is 5.75 Å². The van der Waals surface area contributed by atoms with E-state index < -0.39 is 0 Å². The summed E-state index contributed by atoms with van der Waals surface area (Å²) in [6.07, 6.45) is 2.43. The number of hydrogen-bond acceptors (Lipinski definition) is 5. The third kappa shape index (κ3) is 2.47. The highest BCUT2D eigenvalue weighted by atomic mass is 32.2. The molecular formula is C15H16N4OS. The van der Waals surface area contributed by atoms with Crippen LogP contribution in [0.15, 0.2) is 47.0 Å². The van der Waals surface area contributed by atoms with Crippen LogP contribution in [0.25, 0.3) is 5.70 Å². The number of para-hydroxylation sites is 1. The van der Waals surface area contributed by atoms with Gasteiger partial charge in [-0.15, -0.1) is 11.7 Å². The fourth-order valence-corrected chi connectivity index (χ4v) is 2.95. The van der Waals surface area contributed by atoms with Crippen LogP contribution in [0.5, 0.6) is 0 Å². The minimum atomic E-state index is -0.139. The van der Waals surface area contributed by atoms with E-state index in [2.05, 4.69) is 22.0 Å². The molecule has 108 valence electrons. The average molecular weight is 300 g/mol. The number of carbonyl (C=O) groups excluding carboxylic acids is 1. The molecular weight excluding hydrogens is 284 g/mol. The van der Waals surface area contributed by atoms with Crippen molar-refractivity contribution < 1.29 is 4.79 Å². The molecule has 1 aromatic carbocycles. The lowest BCUT2D eigenvalue weighted by Crippen LogP contribution is -2.52. The summed E-state index contributed by atoms with van der Waals surface area (Å²) in [5.74, 6) is 0.574. The Morgan fingerprint density at radius 1 is 1.48 bits per heavy atom. The maximum Gasteiger partial charge on any atom is 0.276 e. The number of benzene rings is 1. The van der Waals surface area contributed by atoms with E-state index in [0.717, 1.165) is 17.0 Å². The third-order valence-electron chi connectivity index (χ3n) is 3.30. The van der Waals surface area contributed by atoms with Gasteiger partial charge >= 0.3 is 0 Å². The molecule has 1 atom stereocenters. The summed E-state index contributed by atoms with van der Waals surface area (Å²) in [7, 11) is 0. The molecule has 2 aliphatic rings. The summed E-state index contributed by atoms with van der Waals surface area (Å²) in [4.78, 5) is 17.2. The molecule has 0 radical (unpaired) electrons. The highest BCUT2D eigenvalue weighted by Gasteiger charge is 2.32. The lowest BCUT2D eigenvalue weighted by atomic mass is 10.1. The van der Waals surface area contributed by atoms with Gasteiger partial charge in [0, 0.05) is 11.0 Å². The second-order valence-corrected chi connectivity index (χ2v) is 5.70. The van der Waals surface area contributed by atoms with Gasteiger partial charge in [-0.3, -0.25) is 15.1 Å². The van der Waals surface area contributed by atoms with Crippen molar-refractivity contribution in [3.8, 4) is 0 Å². The summed E-state index contributed by atoms with van der Waals surface area (Å²) in [5.41, 5.74) is 0.579. The Labute approximate surface area is 127 Å². The van der Waals surface area contributed by atoms with Gasteiger partial charge in [0.15, 0.2) is 5.17 Å². The van der Waals surface area contributed by atoms with Crippen molar-refractivity contribution in [3.63, 3.8) is 0 Å². The minimum Gasteiger partial charge on any atom is -0.298 e. The van der Waals surface area contributed by atoms with Crippen LogP contribution in [0.1, 0.15) is 13.3 Å². The van der Waals surface area contributed by atoms with Gasteiger partial charge in [-0.25, -0.2) is 5.01 Å². The number of hydrogen-bond donors (Lipinski definition) is 1. The number of fused-ring (bicyclic) bond motifs is 2. The average Bonchev–Trinajstić information content (AvgIpc) is 2.51. The molecule has 5 nitrogen and oxygen atoms in total. The number of rotatable bonds is 3. The Kier molecular flexibility index (Phi) is 3.79. The van der Waals surface area contributed by atoms with E-state index >= 15 is 0 Å². The van der Waals surface area contributed by atoms with Gasteiger partial charge in [0.2, 0.25) is 0 Å². The topological polar surface area (TPSA) is 57.1 Å². The number of hydrazone groups is 1. The van der Waals surface area contributed by atoms with Gasteiger partial charge in [0.1, 0.15) is 11.9 Å². The van der Waals surface area contributed by atoms with Crippen molar-refractivity contribution in [2.45, 2.75) is 19.5 Å². The Morgan fingerprint density at radius 3 is 3.05 bits per heavy atom. The highest BCUT2D eigenvalue weighted by molar-refractivity contribution is 8.14. The van der Waals surface area contributed by atoms with E-state index in [1.165, 1.54) is 11.8 Å². The second-order valence-electron chi connectivity index (χ2n) is 4.69. The fraction of sp³-hybridized carbons (Fsp3) is 0.267. The quantitative estimate of drug-likeness (QED) is 0.840. The van der Waals surface area contributed by atoms with E-state index in [9.17, 15) is 4.79 Å². The molecule has 0 aromatic heterocycles. The first-order valence-electron chi connectivity index (χ1n) is 6.84. The van der Waals surface area contributed by atoms with Gasteiger partial charge in [-0.2, -0.15) is 0 Å². The number of nitrogens with one attached hydrogen (secondary N) is 1.